The van der Waals surface area contributed by atoms with Crippen LogP contribution in [-0.2, 0) is 4.74 Å². The van der Waals surface area contributed by atoms with E-state index in [-0.39, 0.29) is 22.9 Å². The van der Waals surface area contributed by atoms with Crippen molar-refractivity contribution >= 4 is 17.7 Å². The van der Waals surface area contributed by atoms with Gasteiger partial charge in [0.2, 0.25) is 0 Å². The van der Waals surface area contributed by atoms with Crippen LogP contribution in [0.3, 0.4) is 0 Å². The highest BCUT2D eigenvalue weighted by Gasteiger charge is 2.20. The molecule has 0 bridgehead atoms. The first kappa shape index (κ1) is 16.4. The Morgan fingerprint density at radius 2 is 1.61 bits per heavy atom. The maximum atomic E-state index is 12.6. The zero-order valence-electron chi connectivity index (χ0n) is 13.1. The van der Waals surface area contributed by atoms with E-state index in [2.05, 4.69) is 9.72 Å². The molecule has 0 aliphatic heterocycles. The van der Waals surface area contributed by atoms with Gasteiger partial charge in [-0.2, -0.15) is 0 Å². The molecular formula is C17H16N2O4. The molecule has 0 spiro atoms. The van der Waals surface area contributed by atoms with Crippen molar-refractivity contribution in [2.45, 2.75) is 0 Å². The molecule has 118 valence electrons. The number of pyridine rings is 1. The predicted molar refractivity (Wildman–Crippen MR) is 83.5 cm³/mol. The van der Waals surface area contributed by atoms with Gasteiger partial charge in [-0.25, -0.2) is 9.78 Å². The summed E-state index contributed by atoms with van der Waals surface area (Å²) in [5.41, 5.74) is 0.962. The third-order valence-corrected chi connectivity index (χ3v) is 3.23. The number of rotatable bonds is 4. The Kier molecular flexibility index (Phi) is 4.85. The Labute approximate surface area is 133 Å². The molecule has 6 nitrogen and oxygen atoms in total. The van der Waals surface area contributed by atoms with Crippen LogP contribution in [0.25, 0.3) is 0 Å². The third kappa shape index (κ3) is 3.42. The molecule has 0 fully saturated rings. The summed E-state index contributed by atoms with van der Waals surface area (Å²) in [6, 6.07) is 9.33. The lowest BCUT2D eigenvalue weighted by Crippen LogP contribution is -2.21. The number of carbonyl (C=O) groups excluding carboxylic acids is 3. The Morgan fingerprint density at radius 1 is 1.00 bits per heavy atom. The van der Waals surface area contributed by atoms with Crippen LogP contribution in [0.2, 0.25) is 0 Å². The smallest absolute Gasteiger partial charge is 0.357 e. The number of ketones is 1. The van der Waals surface area contributed by atoms with Crippen LogP contribution in [-0.4, -0.2) is 48.7 Å². The van der Waals surface area contributed by atoms with Gasteiger partial charge >= 0.3 is 5.97 Å². The number of benzene rings is 1. The van der Waals surface area contributed by atoms with Gasteiger partial charge in [0.1, 0.15) is 0 Å². The topological polar surface area (TPSA) is 76.6 Å². The van der Waals surface area contributed by atoms with Crippen molar-refractivity contribution < 1.29 is 19.1 Å². The Hall–Kier alpha value is -3.02. The molecule has 1 aromatic carbocycles. The summed E-state index contributed by atoms with van der Waals surface area (Å²) in [6.45, 7) is 0. The third-order valence-electron chi connectivity index (χ3n) is 3.23. The summed E-state index contributed by atoms with van der Waals surface area (Å²) in [5.74, 6) is -1.18. The van der Waals surface area contributed by atoms with Crippen molar-refractivity contribution in [3.05, 3.63) is 65.0 Å². The highest BCUT2D eigenvalue weighted by molar-refractivity contribution is 6.14. The number of esters is 1. The molecule has 0 aliphatic carbocycles. The van der Waals surface area contributed by atoms with Crippen LogP contribution in [0.1, 0.15) is 36.8 Å². The van der Waals surface area contributed by atoms with Crippen LogP contribution < -0.4 is 0 Å². The molecule has 6 heteroatoms. The quantitative estimate of drug-likeness (QED) is 0.635. The number of nitrogens with zero attached hydrogens (tertiary/aromatic N) is 2. The second kappa shape index (κ2) is 6.83. The second-order valence-electron chi connectivity index (χ2n) is 5.00. The Bertz CT molecular complexity index is 751. The van der Waals surface area contributed by atoms with Crippen LogP contribution in [0.5, 0.6) is 0 Å². The number of hydrogen-bond acceptors (Lipinski definition) is 5. The van der Waals surface area contributed by atoms with E-state index in [1.165, 1.54) is 24.3 Å². The average Bonchev–Trinajstić information content (AvgIpc) is 2.59. The number of aromatic nitrogens is 1. The number of ether oxygens (including phenoxy) is 1. The van der Waals surface area contributed by atoms with E-state index in [1.54, 1.807) is 44.4 Å². The molecule has 0 saturated heterocycles. The largest absolute Gasteiger partial charge is 0.464 e. The number of carbonyl (C=O) groups is 3. The molecular weight excluding hydrogens is 296 g/mol. The first-order valence-corrected chi connectivity index (χ1v) is 6.85. The van der Waals surface area contributed by atoms with Gasteiger partial charge in [-0.1, -0.05) is 12.1 Å². The van der Waals surface area contributed by atoms with Gasteiger partial charge in [-0.05, 0) is 24.3 Å². The normalized spacial score (nSPS) is 10.0. The van der Waals surface area contributed by atoms with E-state index in [1.807, 2.05) is 0 Å². The van der Waals surface area contributed by atoms with Crippen molar-refractivity contribution in [3.63, 3.8) is 0 Å². The summed E-state index contributed by atoms with van der Waals surface area (Å²) in [4.78, 5) is 41.5. The summed E-state index contributed by atoms with van der Waals surface area (Å²) < 4.78 is 4.64. The Morgan fingerprint density at radius 3 is 2.17 bits per heavy atom. The molecule has 1 aromatic heterocycles. The summed E-state index contributed by atoms with van der Waals surface area (Å²) in [6.07, 6.45) is 1.42. The highest BCUT2D eigenvalue weighted by Crippen LogP contribution is 2.15. The van der Waals surface area contributed by atoms with Crippen molar-refractivity contribution in [3.8, 4) is 0 Å². The number of amides is 1. The standard InChI is InChI=1S/C17H16N2O4/c1-19(2)16(21)12-8-6-11(7-9-12)15(20)13-5-4-10-18-14(13)17(22)23-3/h4-10H,1-3H3. The van der Waals surface area contributed by atoms with Crippen LogP contribution in [0, 0.1) is 0 Å². The lowest BCUT2D eigenvalue weighted by molar-refractivity contribution is 0.0590. The van der Waals surface area contributed by atoms with Gasteiger partial charge in [0, 0.05) is 31.4 Å². The molecule has 0 saturated carbocycles. The van der Waals surface area contributed by atoms with Gasteiger partial charge in [0.15, 0.2) is 11.5 Å². The Balaban J connectivity index is 2.35. The SMILES string of the molecule is COC(=O)c1ncccc1C(=O)c1ccc(C(=O)N(C)C)cc1. The van der Waals surface area contributed by atoms with Gasteiger partial charge in [-0.3, -0.25) is 9.59 Å². The van der Waals surface area contributed by atoms with E-state index in [9.17, 15) is 14.4 Å². The second-order valence-corrected chi connectivity index (χ2v) is 5.00. The molecule has 2 aromatic rings. The van der Waals surface area contributed by atoms with Crippen molar-refractivity contribution in [2.24, 2.45) is 0 Å². The molecule has 23 heavy (non-hydrogen) atoms. The van der Waals surface area contributed by atoms with E-state index in [0.717, 1.165) is 0 Å². The van der Waals surface area contributed by atoms with Gasteiger partial charge in [0.05, 0.1) is 12.7 Å². The zero-order chi connectivity index (χ0) is 17.0. The first-order chi connectivity index (χ1) is 11.0. The lowest BCUT2D eigenvalue weighted by atomic mass is 10.0. The number of methoxy groups -OCH3 is 1. The van der Waals surface area contributed by atoms with E-state index in [0.29, 0.717) is 11.1 Å². The molecule has 0 radical (unpaired) electrons. The molecule has 0 atom stereocenters. The van der Waals surface area contributed by atoms with Gasteiger partial charge < -0.3 is 9.64 Å². The van der Waals surface area contributed by atoms with Crippen LogP contribution >= 0.6 is 0 Å². The fourth-order valence-corrected chi connectivity index (χ4v) is 2.03. The van der Waals surface area contributed by atoms with Crippen LogP contribution in [0.4, 0.5) is 0 Å². The van der Waals surface area contributed by atoms with Crippen molar-refractivity contribution in [1.82, 2.24) is 9.88 Å². The minimum Gasteiger partial charge on any atom is -0.464 e. The van der Waals surface area contributed by atoms with E-state index >= 15 is 0 Å². The molecule has 1 heterocycles. The molecule has 0 aliphatic rings. The molecule has 2 rings (SSSR count). The highest BCUT2D eigenvalue weighted by atomic mass is 16.5. The summed E-state index contributed by atoms with van der Waals surface area (Å²) in [7, 11) is 4.53. The maximum absolute atomic E-state index is 12.6. The zero-order valence-corrected chi connectivity index (χ0v) is 13.1. The summed E-state index contributed by atoms with van der Waals surface area (Å²) in [5, 5.41) is 0. The fourth-order valence-electron chi connectivity index (χ4n) is 2.03. The molecule has 1 amide bonds. The minimum absolute atomic E-state index is 0.0338. The predicted octanol–water partition coefficient (Wildman–Crippen LogP) is 1.80. The molecule has 0 N–H and O–H groups in total. The van der Waals surface area contributed by atoms with Crippen molar-refractivity contribution in [2.75, 3.05) is 21.2 Å². The summed E-state index contributed by atoms with van der Waals surface area (Å²) >= 11 is 0. The van der Waals surface area contributed by atoms with E-state index in [4.69, 9.17) is 0 Å². The fraction of sp³-hybridized carbons (Fsp3) is 0.176. The number of hydrogen-bond donors (Lipinski definition) is 0. The van der Waals surface area contributed by atoms with Crippen LogP contribution in [0.15, 0.2) is 42.6 Å². The first-order valence-electron chi connectivity index (χ1n) is 6.85. The van der Waals surface area contributed by atoms with Gasteiger partial charge in [-0.15, -0.1) is 0 Å². The minimum atomic E-state index is -0.673. The van der Waals surface area contributed by atoms with Gasteiger partial charge in [0.25, 0.3) is 5.91 Å². The van der Waals surface area contributed by atoms with Crippen molar-refractivity contribution in [1.29, 1.82) is 0 Å². The average molecular weight is 312 g/mol. The van der Waals surface area contributed by atoms with E-state index < -0.39 is 5.97 Å². The monoisotopic (exact) mass is 312 g/mol. The lowest BCUT2D eigenvalue weighted by Gasteiger charge is -2.10. The maximum Gasteiger partial charge on any atom is 0.357 e. The molecule has 0 unspecified atom stereocenters.